The topological polar surface area (TPSA) is 145 Å². The summed E-state index contributed by atoms with van der Waals surface area (Å²) in [6.45, 7) is -0.627. The highest BCUT2D eigenvalue weighted by Crippen LogP contribution is 2.33. The van der Waals surface area contributed by atoms with Crippen LogP contribution in [-0.2, 0) is 76.1 Å². The second kappa shape index (κ2) is 33.9. The molecule has 0 unspecified atom stereocenters. The lowest BCUT2D eigenvalue weighted by Gasteiger charge is -2.17. The molecule has 0 amide bonds. The van der Waals surface area contributed by atoms with E-state index < -0.39 is 72.2 Å². The number of hydrogen-bond acceptors (Lipinski definition) is 10. The molecule has 438 valence electrons. The van der Waals surface area contributed by atoms with Crippen molar-refractivity contribution >= 4 is 60.7 Å². The Bertz CT molecular complexity index is 2970. The highest BCUT2D eigenvalue weighted by Gasteiger charge is 2.48. The first-order valence-corrected chi connectivity index (χ1v) is 31.2. The van der Waals surface area contributed by atoms with Crippen LogP contribution in [0.4, 0.5) is 17.6 Å². The summed E-state index contributed by atoms with van der Waals surface area (Å²) >= 11 is 0. The zero-order valence-electron chi connectivity index (χ0n) is 46.0. The van der Waals surface area contributed by atoms with Crippen molar-refractivity contribution in [2.24, 2.45) is 0 Å². The van der Waals surface area contributed by atoms with E-state index in [0.717, 1.165) is 0 Å². The number of benzene rings is 9. The van der Waals surface area contributed by atoms with E-state index in [-0.39, 0.29) is 38.3 Å². The number of esters is 3. The molecular weight excluding hydrogens is 1170 g/mol. The molecule has 0 atom stereocenters. The van der Waals surface area contributed by atoms with Crippen molar-refractivity contribution in [2.75, 3.05) is 33.0 Å². The first-order chi connectivity index (χ1) is 40.9. The van der Waals surface area contributed by atoms with E-state index >= 15 is 0 Å². The Morgan fingerprint density at radius 2 is 0.647 bits per heavy atom. The Morgan fingerprint density at radius 3 is 0.871 bits per heavy atom. The van der Waals surface area contributed by atoms with Crippen molar-refractivity contribution in [1.82, 2.24) is 0 Å². The number of alkyl halides is 4. The third-order valence-corrected chi connectivity index (χ3v) is 18.7. The van der Waals surface area contributed by atoms with Crippen LogP contribution in [0.1, 0.15) is 6.92 Å². The van der Waals surface area contributed by atoms with Crippen LogP contribution in [0, 0.1) is 0 Å². The Kier molecular flexibility index (Phi) is 26.3. The minimum Gasteiger partial charge on any atom is -0.743 e. The number of hydrogen-bond donors (Lipinski definition) is 0. The van der Waals surface area contributed by atoms with Gasteiger partial charge in [0.25, 0.3) is 5.92 Å². The highest BCUT2D eigenvalue weighted by molar-refractivity contribution is 7.97. The predicted molar refractivity (Wildman–Crippen MR) is 323 cm³/mol. The van der Waals surface area contributed by atoms with E-state index in [1.165, 1.54) is 44.1 Å². The minimum absolute atomic E-state index is 0.0146. The van der Waals surface area contributed by atoms with Gasteiger partial charge in [-0.3, -0.25) is 0 Å². The van der Waals surface area contributed by atoms with Gasteiger partial charge in [0.05, 0.1) is 44.9 Å². The van der Waals surface area contributed by atoms with Crippen LogP contribution in [0.2, 0.25) is 0 Å². The molecule has 9 rings (SSSR count). The van der Waals surface area contributed by atoms with Gasteiger partial charge in [-0.25, -0.2) is 31.6 Å². The fourth-order valence-electron chi connectivity index (χ4n) is 7.39. The average Bonchev–Trinajstić information content (AvgIpc) is 3.66. The van der Waals surface area contributed by atoms with Gasteiger partial charge in [0, 0.05) is 6.92 Å². The molecule has 0 heterocycles. The summed E-state index contributed by atoms with van der Waals surface area (Å²) in [7, 11) is -6.32. The molecule has 0 spiro atoms. The average molecular weight is 1230 g/mol. The van der Waals surface area contributed by atoms with Gasteiger partial charge in [-0.15, -0.1) is 0 Å². The van der Waals surface area contributed by atoms with E-state index in [1.54, 1.807) is 0 Å². The maximum absolute atomic E-state index is 12.7. The molecule has 0 aliphatic carbocycles. The lowest BCUT2D eigenvalue weighted by atomic mass is 10.3. The zero-order valence-corrected chi connectivity index (χ0v) is 49.2. The molecule has 0 fully saturated rings. The van der Waals surface area contributed by atoms with E-state index in [9.17, 15) is 44.9 Å². The maximum Gasteiger partial charge on any atom is 0.428 e. The van der Waals surface area contributed by atoms with Crippen LogP contribution in [0.15, 0.2) is 329 Å². The number of carbonyl (C=O) groups is 3. The van der Waals surface area contributed by atoms with Gasteiger partial charge in [0.15, 0.2) is 60.8 Å². The third-order valence-electron chi connectivity index (χ3n) is 11.2. The molecule has 9 aromatic carbocycles. The second-order valence-electron chi connectivity index (χ2n) is 17.8. The van der Waals surface area contributed by atoms with Gasteiger partial charge in [-0.1, -0.05) is 170 Å². The molecule has 10 nitrogen and oxygen atoms in total. The molecule has 0 saturated heterocycles. The van der Waals surface area contributed by atoms with Gasteiger partial charge in [0.2, 0.25) is 0 Å². The molecule has 0 bridgehead atoms. The van der Waals surface area contributed by atoms with Crippen LogP contribution < -0.4 is 0 Å². The van der Waals surface area contributed by atoms with Gasteiger partial charge < -0.3 is 23.5 Å². The lowest BCUT2D eigenvalue weighted by molar-refractivity contribution is -0.166. The van der Waals surface area contributed by atoms with Gasteiger partial charge in [-0.05, 0) is 109 Å². The van der Waals surface area contributed by atoms with Gasteiger partial charge in [0.1, 0.15) is 19.8 Å². The summed E-state index contributed by atoms with van der Waals surface area (Å²) in [5.41, 5.74) is -0.382. The van der Waals surface area contributed by atoms with Crippen LogP contribution >= 0.6 is 0 Å². The number of halogens is 4. The number of rotatable bonds is 21. The Balaban J connectivity index is 0.000000184. The Morgan fingerprint density at radius 1 is 0.412 bits per heavy atom. The minimum atomic E-state index is -6.28. The molecular formula is C67H60F4O10S4+2. The molecule has 9 aromatic rings. The summed E-state index contributed by atoms with van der Waals surface area (Å²) in [6, 6.07) is 96.5. The van der Waals surface area contributed by atoms with Gasteiger partial charge in [-0.2, -0.15) is 8.78 Å². The number of ether oxygens (including phenoxy) is 4. The first kappa shape index (κ1) is 65.9. The zero-order chi connectivity index (χ0) is 60.9. The van der Waals surface area contributed by atoms with Crippen LogP contribution in [0.25, 0.3) is 0 Å². The third kappa shape index (κ3) is 21.7. The summed E-state index contributed by atoms with van der Waals surface area (Å²) in [5, 5.41) is -5.31. The largest absolute Gasteiger partial charge is 0.743 e. The van der Waals surface area contributed by atoms with Crippen molar-refractivity contribution in [2.45, 2.75) is 62.2 Å². The van der Waals surface area contributed by atoms with Crippen molar-refractivity contribution in [3.8, 4) is 0 Å². The normalized spacial score (nSPS) is 11.1. The van der Waals surface area contributed by atoms with E-state index in [0.29, 0.717) is 6.92 Å². The summed E-state index contributed by atoms with van der Waals surface area (Å²) < 4.78 is 98.0. The van der Waals surface area contributed by atoms with Crippen molar-refractivity contribution in [1.29, 1.82) is 0 Å². The molecule has 0 radical (unpaired) electrons. The Labute approximate surface area is 501 Å². The fourth-order valence-corrected chi connectivity index (χ4v) is 14.0. The van der Waals surface area contributed by atoms with E-state index in [2.05, 4.69) is 299 Å². The van der Waals surface area contributed by atoms with Crippen LogP contribution in [0.5, 0.6) is 0 Å². The first-order valence-electron chi connectivity index (χ1n) is 26.1. The van der Waals surface area contributed by atoms with Crippen molar-refractivity contribution < 1.29 is 63.9 Å². The van der Waals surface area contributed by atoms with Gasteiger partial charge >= 0.3 is 23.2 Å². The molecule has 0 N–H and O–H groups in total. The lowest BCUT2D eigenvalue weighted by Crippen LogP contribution is -2.39. The molecule has 85 heavy (non-hydrogen) atoms. The van der Waals surface area contributed by atoms with E-state index in [1.807, 2.05) is 0 Å². The fraction of sp³-hybridized carbons (Fsp3) is 0.119. The SMILES string of the molecule is C=C(COCC(C)(F)F)C(=O)OCC(=O)OCCOC(=O)C(F)(F)S(=O)(=O)[O-].c1ccc([S+](c2ccccc2)c2ccccc2)cc1.c1ccc([S+](c2ccccc2)c2ccccc2)cc1.c1ccc([S+](c2ccccc2)c2ccccc2)cc1. The summed E-state index contributed by atoms with van der Waals surface area (Å²) in [5.74, 6) is -8.16. The molecule has 0 aliphatic heterocycles. The predicted octanol–water partition coefficient (Wildman–Crippen LogP) is 14.3. The molecule has 0 aromatic heterocycles. The van der Waals surface area contributed by atoms with Crippen LogP contribution in [-0.4, -0.2) is 75.1 Å². The van der Waals surface area contributed by atoms with Crippen LogP contribution in [0.3, 0.4) is 0 Å². The smallest absolute Gasteiger partial charge is 0.428 e. The summed E-state index contributed by atoms with van der Waals surface area (Å²) in [4.78, 5) is 45.6. The highest BCUT2D eigenvalue weighted by atomic mass is 32.2. The molecule has 18 heteroatoms. The monoisotopic (exact) mass is 1230 g/mol. The molecule has 0 saturated carbocycles. The van der Waals surface area contributed by atoms with Crippen molar-refractivity contribution in [3.63, 3.8) is 0 Å². The standard InChI is InChI=1S/3C18H15S.C13H16F4O10S/c3*1-4-10-16(11-5-1)19(17-12-6-2-7-13-17)18-14-8-3-9-15-18;1-8(5-24-7-12(2,14)15)10(19)27-6-9(18)25-3-4-26-11(20)13(16,17)28(21,22)23/h3*1-15H;1,3-7H2,2H3,(H,21,22,23)/q3*+1;/p-1. The maximum atomic E-state index is 12.7. The molecule has 0 aliphatic rings. The number of carbonyl (C=O) groups excluding carboxylic acids is 3. The summed E-state index contributed by atoms with van der Waals surface area (Å²) in [6.07, 6.45) is 0. The van der Waals surface area contributed by atoms with E-state index in [4.69, 9.17) is 0 Å². The van der Waals surface area contributed by atoms with Crippen molar-refractivity contribution in [3.05, 3.63) is 285 Å². The Hall–Kier alpha value is -8.23. The quantitative estimate of drug-likeness (QED) is 0.0130. The second-order valence-corrected chi connectivity index (χ2v) is 25.3.